The van der Waals surface area contributed by atoms with Crippen LogP contribution in [0.3, 0.4) is 0 Å². The van der Waals surface area contributed by atoms with Gasteiger partial charge in [0.25, 0.3) is 11.7 Å². The van der Waals surface area contributed by atoms with Crippen LogP contribution in [0.1, 0.15) is 15.9 Å². The number of amidine groups is 1. The minimum Gasteiger partial charge on any atom is -0.403 e. The van der Waals surface area contributed by atoms with Crippen molar-refractivity contribution in [2.75, 3.05) is 38.3 Å². The molecule has 11 nitrogen and oxygen atoms in total. The van der Waals surface area contributed by atoms with Gasteiger partial charge in [0.05, 0.1) is 22.7 Å². The smallest absolute Gasteiger partial charge is 0.295 e. The Kier molecular flexibility index (Phi) is 6.92. The van der Waals surface area contributed by atoms with Crippen molar-refractivity contribution in [2.45, 2.75) is 0 Å². The number of aromatic nitrogens is 2. The van der Waals surface area contributed by atoms with E-state index in [1.807, 2.05) is 35.2 Å². The molecule has 4 rings (SSSR count). The van der Waals surface area contributed by atoms with E-state index < -0.39 is 17.5 Å². The summed E-state index contributed by atoms with van der Waals surface area (Å²) in [6.07, 6.45) is 4.74. The zero-order chi connectivity index (χ0) is 24.9. The van der Waals surface area contributed by atoms with E-state index in [1.54, 1.807) is 0 Å². The molecule has 0 atom stereocenters. The summed E-state index contributed by atoms with van der Waals surface area (Å²) in [6, 6.07) is 9.54. The Morgan fingerprint density at radius 3 is 2.54 bits per heavy atom. The first-order chi connectivity index (χ1) is 17.0. The van der Waals surface area contributed by atoms with Gasteiger partial charge in [0.1, 0.15) is 7.11 Å². The molecule has 0 unspecified atom stereocenters. The van der Waals surface area contributed by atoms with E-state index in [2.05, 4.69) is 15.1 Å². The highest BCUT2D eigenvalue weighted by Crippen LogP contribution is 2.28. The number of hydrogen-bond donors (Lipinski definition) is 3. The molecule has 1 aliphatic rings. The van der Waals surface area contributed by atoms with Crippen molar-refractivity contribution in [1.29, 1.82) is 0 Å². The molecule has 1 saturated heterocycles. The molecule has 12 heteroatoms. The monoisotopic (exact) mass is 480 g/mol. The van der Waals surface area contributed by atoms with Crippen molar-refractivity contribution >= 4 is 34.2 Å². The number of Topliss-reactive ketones (excluding diaryl/α,β-unsaturated/α-hetero) is 1. The van der Waals surface area contributed by atoms with Crippen LogP contribution in [0.4, 0.5) is 10.2 Å². The zero-order valence-corrected chi connectivity index (χ0v) is 19.0. The molecule has 5 N–H and O–H groups in total. The predicted molar refractivity (Wildman–Crippen MR) is 129 cm³/mol. The summed E-state index contributed by atoms with van der Waals surface area (Å²) in [5.74, 6) is 4.35. The number of nitrogens with one attached hydrogen (secondary N) is 1. The van der Waals surface area contributed by atoms with Crippen LogP contribution < -0.4 is 16.6 Å². The van der Waals surface area contributed by atoms with E-state index in [1.165, 1.54) is 30.6 Å². The number of hydrogen-bond acceptors (Lipinski definition) is 8. The molecular weight excluding hydrogens is 455 g/mol. The number of rotatable bonds is 6. The molecule has 1 amide bonds. The Bertz CT molecular complexity index is 1280. The summed E-state index contributed by atoms with van der Waals surface area (Å²) >= 11 is 0. The molecule has 0 spiro atoms. The maximum atomic E-state index is 14.7. The van der Waals surface area contributed by atoms with Crippen LogP contribution in [0.5, 0.6) is 0 Å². The number of ketones is 1. The maximum Gasteiger partial charge on any atom is 0.295 e. The third-order valence-corrected chi connectivity index (χ3v) is 5.65. The summed E-state index contributed by atoms with van der Waals surface area (Å²) in [5, 5.41) is 5.16. The number of piperazine rings is 1. The third kappa shape index (κ3) is 4.64. The molecule has 0 saturated carbocycles. The summed E-state index contributed by atoms with van der Waals surface area (Å²) in [7, 11) is 1.47. The number of hydrazine groups is 1. The number of nitrogens with zero attached hydrogens (tertiary/aromatic N) is 5. The highest BCUT2D eigenvalue weighted by atomic mass is 19.1. The first-order valence-corrected chi connectivity index (χ1v) is 10.8. The molecule has 182 valence electrons. The van der Waals surface area contributed by atoms with E-state index in [4.69, 9.17) is 16.4 Å². The molecule has 2 aromatic heterocycles. The fourth-order valence-corrected chi connectivity index (χ4v) is 3.98. The molecule has 1 fully saturated rings. The van der Waals surface area contributed by atoms with Crippen molar-refractivity contribution in [2.24, 2.45) is 16.7 Å². The van der Waals surface area contributed by atoms with Gasteiger partial charge in [0, 0.05) is 50.3 Å². The van der Waals surface area contributed by atoms with Gasteiger partial charge in [-0.3, -0.25) is 14.6 Å². The lowest BCUT2D eigenvalue weighted by Gasteiger charge is -2.35. The van der Waals surface area contributed by atoms with Gasteiger partial charge in [-0.05, 0) is 0 Å². The topological polar surface area (TPSA) is 146 Å². The molecule has 3 aromatic rings. The molecule has 0 bridgehead atoms. The molecule has 3 heterocycles. The summed E-state index contributed by atoms with van der Waals surface area (Å²) in [4.78, 5) is 41.3. The Balaban J connectivity index is 1.52. The number of H-pyrrole nitrogens is 1. The van der Waals surface area contributed by atoms with Crippen LogP contribution in [-0.2, 0) is 9.63 Å². The number of aromatic amines is 1. The van der Waals surface area contributed by atoms with Gasteiger partial charge in [0.2, 0.25) is 0 Å². The second-order valence-electron chi connectivity index (χ2n) is 7.70. The van der Waals surface area contributed by atoms with E-state index in [-0.39, 0.29) is 35.4 Å². The van der Waals surface area contributed by atoms with Gasteiger partial charge in [0.15, 0.2) is 17.5 Å². The van der Waals surface area contributed by atoms with E-state index >= 15 is 0 Å². The van der Waals surface area contributed by atoms with Gasteiger partial charge in [-0.1, -0.05) is 35.5 Å². The number of amides is 1. The fraction of sp³-hybridized carbons (Fsp3) is 0.217. The van der Waals surface area contributed by atoms with Gasteiger partial charge in [-0.2, -0.15) is 0 Å². The normalized spacial score (nSPS) is 14.5. The minimum atomic E-state index is -0.826. The van der Waals surface area contributed by atoms with Crippen molar-refractivity contribution in [3.05, 3.63) is 72.1 Å². The Labute approximate surface area is 200 Å². The molecule has 0 radical (unpaired) electrons. The molecule has 1 aromatic carbocycles. The van der Waals surface area contributed by atoms with Crippen LogP contribution in [0.25, 0.3) is 10.9 Å². The van der Waals surface area contributed by atoms with E-state index in [9.17, 15) is 14.0 Å². The first-order valence-electron chi connectivity index (χ1n) is 10.8. The third-order valence-electron chi connectivity index (χ3n) is 5.65. The lowest BCUT2D eigenvalue weighted by Crippen LogP contribution is -2.52. The Morgan fingerprint density at radius 2 is 1.89 bits per heavy atom. The van der Waals surface area contributed by atoms with Crippen LogP contribution in [-0.4, -0.2) is 70.6 Å². The average Bonchev–Trinajstić information content (AvgIpc) is 3.33. The van der Waals surface area contributed by atoms with Gasteiger partial charge in [-0.25, -0.2) is 15.2 Å². The largest absolute Gasteiger partial charge is 0.403 e. The van der Waals surface area contributed by atoms with Crippen molar-refractivity contribution in [3.63, 3.8) is 0 Å². The lowest BCUT2D eigenvalue weighted by atomic mass is 10.1. The molecule has 0 aliphatic carbocycles. The molecule has 35 heavy (non-hydrogen) atoms. The van der Waals surface area contributed by atoms with Gasteiger partial charge in [-0.15, -0.1) is 0 Å². The van der Waals surface area contributed by atoms with Crippen LogP contribution in [0.2, 0.25) is 0 Å². The van der Waals surface area contributed by atoms with E-state index in [0.717, 1.165) is 16.8 Å². The summed E-state index contributed by atoms with van der Waals surface area (Å²) < 4.78 is 14.7. The standard InChI is InChI=1S/C23H25FN8O3/c1-35-29-21(15-5-3-2-4-6-15)30-9-11-31(12-10-30)23(34)20(33)16-13-27-19-18(16)17(24)14-28-22(19)32(26)8-7-25/h2-8,13-14,27H,9-12,25-26H2,1H3/b8-7-,29-21+. The number of nitrogens with two attached hydrogens (primary N) is 2. The van der Waals surface area contributed by atoms with Crippen molar-refractivity contribution in [3.8, 4) is 0 Å². The van der Waals surface area contributed by atoms with Crippen LogP contribution >= 0.6 is 0 Å². The Hall–Kier alpha value is -4.45. The predicted octanol–water partition coefficient (Wildman–Crippen LogP) is 1.15. The number of carbonyl (C=O) groups excluding carboxylic acids is 2. The number of fused-ring (bicyclic) bond motifs is 1. The van der Waals surface area contributed by atoms with Crippen LogP contribution in [0.15, 0.2) is 60.3 Å². The number of halogens is 1. The maximum absolute atomic E-state index is 14.7. The minimum absolute atomic E-state index is 0.0635. The summed E-state index contributed by atoms with van der Waals surface area (Å²) in [5.41, 5.74) is 6.32. The number of pyridine rings is 1. The van der Waals surface area contributed by atoms with Gasteiger partial charge >= 0.3 is 0 Å². The highest BCUT2D eigenvalue weighted by molar-refractivity contribution is 6.45. The Morgan fingerprint density at radius 1 is 1.20 bits per heavy atom. The fourth-order valence-electron chi connectivity index (χ4n) is 3.98. The number of benzene rings is 1. The van der Waals surface area contributed by atoms with Crippen molar-refractivity contribution < 1.29 is 18.8 Å². The van der Waals surface area contributed by atoms with Crippen molar-refractivity contribution in [1.82, 2.24) is 19.8 Å². The highest BCUT2D eigenvalue weighted by Gasteiger charge is 2.31. The first kappa shape index (κ1) is 23.7. The van der Waals surface area contributed by atoms with Crippen LogP contribution in [0, 0.1) is 5.82 Å². The molecular formula is C23H25FN8O3. The second-order valence-corrected chi connectivity index (χ2v) is 7.70. The second kappa shape index (κ2) is 10.2. The van der Waals surface area contributed by atoms with Gasteiger partial charge < -0.3 is 25.4 Å². The number of carbonyl (C=O) groups is 2. The quantitative estimate of drug-likeness (QED) is 0.119. The summed E-state index contributed by atoms with van der Waals surface area (Å²) in [6.45, 7) is 1.46. The molecule has 1 aliphatic heterocycles. The SMILES string of the molecule is CO/N=C(\c1ccccc1)N1CCN(C(=O)C(=O)c2c[nH]c3c(N(N)/C=C\N)ncc(F)c23)CC1. The number of oxime groups is 1. The number of anilines is 1. The van der Waals surface area contributed by atoms with E-state index in [0.29, 0.717) is 18.9 Å². The zero-order valence-electron chi connectivity index (χ0n) is 19.0. The average molecular weight is 481 g/mol. The lowest BCUT2D eigenvalue weighted by molar-refractivity contribution is -0.127.